The van der Waals surface area contributed by atoms with Gasteiger partial charge in [0.1, 0.15) is 4.34 Å². The smallest absolute Gasteiger partial charge is 0.193 e. The van der Waals surface area contributed by atoms with Gasteiger partial charge in [-0.25, -0.2) is 9.98 Å². The van der Waals surface area contributed by atoms with Gasteiger partial charge in [-0.3, -0.25) is 0 Å². The molecule has 0 aliphatic carbocycles. The maximum Gasteiger partial charge on any atom is 0.193 e. The number of nitrogens with one attached hydrogen (secondary N) is 1. The molecule has 1 heterocycles. The summed E-state index contributed by atoms with van der Waals surface area (Å²) in [5.41, 5.74) is 1.22. The van der Waals surface area contributed by atoms with Gasteiger partial charge in [-0.15, -0.1) is 35.3 Å². The zero-order chi connectivity index (χ0) is 15.6. The highest BCUT2D eigenvalue weighted by molar-refractivity contribution is 14.0. The van der Waals surface area contributed by atoms with Gasteiger partial charge in [-0.05, 0) is 12.0 Å². The van der Waals surface area contributed by atoms with Gasteiger partial charge in [-0.1, -0.05) is 42.1 Å². The molecule has 0 aliphatic heterocycles. The van der Waals surface area contributed by atoms with E-state index in [2.05, 4.69) is 27.4 Å². The van der Waals surface area contributed by atoms with Gasteiger partial charge in [0.15, 0.2) is 5.96 Å². The molecule has 1 N–H and O–H groups in total. The van der Waals surface area contributed by atoms with Crippen LogP contribution in [0.1, 0.15) is 12.0 Å². The Morgan fingerprint density at radius 2 is 2.09 bits per heavy atom. The summed E-state index contributed by atoms with van der Waals surface area (Å²) in [5, 5.41) is 5.43. The predicted molar refractivity (Wildman–Crippen MR) is 112 cm³/mol. The molecular formula is C16H23IN4S2. The summed E-state index contributed by atoms with van der Waals surface area (Å²) < 4.78 is 1.14. The van der Waals surface area contributed by atoms with Crippen LogP contribution < -0.4 is 5.32 Å². The number of aromatic nitrogens is 1. The van der Waals surface area contributed by atoms with E-state index in [1.165, 1.54) is 5.56 Å². The molecule has 0 saturated carbocycles. The fraction of sp³-hybridized carbons (Fsp3) is 0.375. The minimum absolute atomic E-state index is 0. The van der Waals surface area contributed by atoms with E-state index in [1.54, 1.807) is 11.3 Å². The second-order valence-electron chi connectivity index (χ2n) is 4.95. The zero-order valence-electron chi connectivity index (χ0n) is 13.4. The highest BCUT2D eigenvalue weighted by Gasteiger charge is 2.02. The van der Waals surface area contributed by atoms with Gasteiger partial charge < -0.3 is 10.2 Å². The SMILES string of the molecule is CN(C)C(=NCc1ccccc1)NCCCSc1nccs1.I. The van der Waals surface area contributed by atoms with Crippen LogP contribution in [-0.2, 0) is 6.54 Å². The van der Waals surface area contributed by atoms with Crippen molar-refractivity contribution in [1.29, 1.82) is 0 Å². The number of thioether (sulfide) groups is 1. The van der Waals surface area contributed by atoms with Crippen LogP contribution in [0.4, 0.5) is 0 Å². The molecule has 0 unspecified atom stereocenters. The van der Waals surface area contributed by atoms with Crippen molar-refractivity contribution in [3.05, 3.63) is 47.5 Å². The Hall–Kier alpha value is -0.800. The van der Waals surface area contributed by atoms with Crippen LogP contribution in [0.3, 0.4) is 0 Å². The number of benzene rings is 1. The summed E-state index contributed by atoms with van der Waals surface area (Å²) >= 11 is 3.51. The molecule has 0 atom stereocenters. The summed E-state index contributed by atoms with van der Waals surface area (Å²) in [6.45, 7) is 1.62. The first kappa shape index (κ1) is 20.2. The van der Waals surface area contributed by atoms with Gasteiger partial charge >= 0.3 is 0 Å². The molecule has 0 aliphatic rings. The standard InChI is InChI=1S/C16H22N4S2.HI/c1-20(2)15(19-13-14-7-4-3-5-8-14)17-9-6-11-21-16-18-10-12-22-16;/h3-5,7-8,10,12H,6,9,11,13H2,1-2H3,(H,17,19);1H. The fourth-order valence-corrected chi connectivity index (χ4v) is 3.47. The van der Waals surface area contributed by atoms with Crippen molar-refractivity contribution < 1.29 is 0 Å². The van der Waals surface area contributed by atoms with Crippen LogP contribution in [0.15, 0.2) is 51.2 Å². The highest BCUT2D eigenvalue weighted by atomic mass is 127. The van der Waals surface area contributed by atoms with Crippen molar-refractivity contribution in [2.75, 3.05) is 26.4 Å². The van der Waals surface area contributed by atoms with E-state index in [0.717, 1.165) is 29.0 Å². The van der Waals surface area contributed by atoms with Gasteiger partial charge in [0, 0.05) is 38.0 Å². The number of hydrogen-bond donors (Lipinski definition) is 1. The average Bonchev–Trinajstić information content (AvgIpc) is 3.04. The lowest BCUT2D eigenvalue weighted by Crippen LogP contribution is -2.37. The summed E-state index contributed by atoms with van der Waals surface area (Å²) in [6, 6.07) is 10.3. The van der Waals surface area contributed by atoms with Crippen molar-refractivity contribution in [3.8, 4) is 0 Å². The van der Waals surface area contributed by atoms with E-state index >= 15 is 0 Å². The Labute approximate surface area is 163 Å². The third kappa shape index (κ3) is 8.03. The molecule has 2 aromatic rings. The first-order valence-electron chi connectivity index (χ1n) is 7.27. The van der Waals surface area contributed by atoms with Crippen molar-refractivity contribution in [1.82, 2.24) is 15.2 Å². The zero-order valence-corrected chi connectivity index (χ0v) is 17.4. The molecule has 126 valence electrons. The van der Waals surface area contributed by atoms with E-state index < -0.39 is 0 Å². The van der Waals surface area contributed by atoms with Crippen LogP contribution in [0, 0.1) is 0 Å². The van der Waals surface area contributed by atoms with Crippen LogP contribution in [0.5, 0.6) is 0 Å². The maximum atomic E-state index is 4.66. The average molecular weight is 462 g/mol. The lowest BCUT2D eigenvalue weighted by Gasteiger charge is -2.17. The topological polar surface area (TPSA) is 40.5 Å². The lowest BCUT2D eigenvalue weighted by molar-refractivity contribution is 0.578. The Bertz CT molecular complexity index is 559. The summed E-state index contributed by atoms with van der Waals surface area (Å²) in [4.78, 5) is 10.9. The molecular weight excluding hydrogens is 439 g/mol. The van der Waals surface area contributed by atoms with Gasteiger partial charge in [0.25, 0.3) is 0 Å². The van der Waals surface area contributed by atoms with Gasteiger partial charge in [-0.2, -0.15) is 0 Å². The third-order valence-electron chi connectivity index (χ3n) is 2.92. The fourth-order valence-electron chi connectivity index (χ4n) is 1.82. The molecule has 4 nitrogen and oxygen atoms in total. The largest absolute Gasteiger partial charge is 0.356 e. The number of nitrogens with zero attached hydrogens (tertiary/aromatic N) is 3. The first-order chi connectivity index (χ1) is 10.8. The highest BCUT2D eigenvalue weighted by Crippen LogP contribution is 2.20. The monoisotopic (exact) mass is 462 g/mol. The Morgan fingerprint density at radius 1 is 1.30 bits per heavy atom. The van der Waals surface area contributed by atoms with Crippen LogP contribution in [-0.4, -0.2) is 42.2 Å². The molecule has 2 rings (SSSR count). The number of aliphatic imine (C=N–C) groups is 1. The summed E-state index contributed by atoms with van der Waals surface area (Å²) in [5.74, 6) is 2.00. The van der Waals surface area contributed by atoms with Crippen molar-refractivity contribution in [2.24, 2.45) is 4.99 Å². The predicted octanol–water partition coefficient (Wildman–Crippen LogP) is 3.95. The molecule has 0 saturated heterocycles. The van der Waals surface area contributed by atoms with E-state index in [9.17, 15) is 0 Å². The molecule has 0 bridgehead atoms. The number of halogens is 1. The number of rotatable bonds is 7. The van der Waals surface area contributed by atoms with E-state index in [0.29, 0.717) is 6.54 Å². The molecule has 7 heteroatoms. The molecule has 23 heavy (non-hydrogen) atoms. The van der Waals surface area contributed by atoms with Gasteiger partial charge in [0.2, 0.25) is 0 Å². The minimum Gasteiger partial charge on any atom is -0.356 e. The molecule has 0 spiro atoms. The summed E-state index contributed by atoms with van der Waals surface area (Å²) in [7, 11) is 4.03. The Balaban J connectivity index is 0.00000264. The second-order valence-corrected chi connectivity index (χ2v) is 7.18. The molecule has 0 fully saturated rings. The first-order valence-corrected chi connectivity index (χ1v) is 9.14. The third-order valence-corrected chi connectivity index (χ3v) is 4.97. The van der Waals surface area contributed by atoms with Crippen molar-refractivity contribution in [3.63, 3.8) is 0 Å². The number of guanidine groups is 1. The van der Waals surface area contributed by atoms with Crippen LogP contribution in [0.25, 0.3) is 0 Å². The van der Waals surface area contributed by atoms with Crippen molar-refractivity contribution >= 4 is 53.0 Å². The Kier molecular flexibility index (Phi) is 10.3. The van der Waals surface area contributed by atoms with E-state index in [4.69, 9.17) is 0 Å². The summed E-state index contributed by atoms with van der Waals surface area (Å²) in [6.07, 6.45) is 2.94. The van der Waals surface area contributed by atoms with Crippen LogP contribution in [0.2, 0.25) is 0 Å². The lowest BCUT2D eigenvalue weighted by atomic mass is 10.2. The van der Waals surface area contributed by atoms with E-state index in [1.807, 2.05) is 60.5 Å². The second kappa shape index (κ2) is 11.7. The number of hydrogen-bond acceptors (Lipinski definition) is 4. The molecule has 1 aromatic heterocycles. The maximum absolute atomic E-state index is 4.66. The molecule has 0 amide bonds. The molecule has 1 aromatic carbocycles. The minimum atomic E-state index is 0. The van der Waals surface area contributed by atoms with Crippen LogP contribution >= 0.6 is 47.1 Å². The Morgan fingerprint density at radius 3 is 2.74 bits per heavy atom. The quantitative estimate of drug-likeness (QED) is 0.223. The normalized spacial score (nSPS) is 11.0. The number of thiazole rings is 1. The van der Waals surface area contributed by atoms with Crippen molar-refractivity contribution in [2.45, 2.75) is 17.3 Å². The molecule has 0 radical (unpaired) electrons. The van der Waals surface area contributed by atoms with Gasteiger partial charge in [0.05, 0.1) is 6.54 Å². The van der Waals surface area contributed by atoms with E-state index in [-0.39, 0.29) is 24.0 Å².